The molecule has 2 fully saturated rings. The van der Waals surface area contributed by atoms with Gasteiger partial charge in [0.15, 0.2) is 5.78 Å². The van der Waals surface area contributed by atoms with Crippen LogP contribution in [0, 0.1) is 5.92 Å². The van der Waals surface area contributed by atoms with Crippen molar-refractivity contribution in [2.75, 3.05) is 14.2 Å². The van der Waals surface area contributed by atoms with Gasteiger partial charge in [-0.3, -0.25) is 14.5 Å². The molecule has 2 saturated heterocycles. The van der Waals surface area contributed by atoms with Crippen molar-refractivity contribution in [2.45, 2.75) is 30.8 Å². The van der Waals surface area contributed by atoms with E-state index in [-0.39, 0.29) is 23.7 Å². The summed E-state index contributed by atoms with van der Waals surface area (Å²) in [6, 6.07) is 5.16. The molecule has 2 aliphatic heterocycles. The molecule has 22 heavy (non-hydrogen) atoms. The van der Waals surface area contributed by atoms with Gasteiger partial charge in [0.05, 0.1) is 29.1 Å². The van der Waals surface area contributed by atoms with E-state index in [9.17, 15) is 9.59 Å². The summed E-state index contributed by atoms with van der Waals surface area (Å²) in [6.07, 6.45) is 1.23. The van der Waals surface area contributed by atoms with E-state index in [1.54, 1.807) is 12.1 Å². The van der Waals surface area contributed by atoms with Crippen LogP contribution < -0.4 is 0 Å². The Morgan fingerprint density at radius 2 is 2.05 bits per heavy atom. The van der Waals surface area contributed by atoms with Gasteiger partial charge in [0, 0.05) is 18.4 Å². The predicted molar refractivity (Wildman–Crippen MR) is 84.3 cm³/mol. The summed E-state index contributed by atoms with van der Waals surface area (Å²) < 4.78 is 4.97. The average Bonchev–Trinajstić information content (AvgIpc) is 2.68. The number of rotatable bonds is 2. The summed E-state index contributed by atoms with van der Waals surface area (Å²) in [4.78, 5) is 26.6. The first-order chi connectivity index (χ1) is 10.4. The van der Waals surface area contributed by atoms with Gasteiger partial charge in [0.1, 0.15) is 0 Å². The first kappa shape index (κ1) is 15.8. The lowest BCUT2D eigenvalue weighted by atomic mass is 9.76. The summed E-state index contributed by atoms with van der Waals surface area (Å²) in [5.74, 6) is -0.814. The molecular formula is C16H17Cl2NO3. The quantitative estimate of drug-likeness (QED) is 0.776. The summed E-state index contributed by atoms with van der Waals surface area (Å²) in [7, 11) is 3.26. The lowest BCUT2D eigenvalue weighted by Crippen LogP contribution is -2.50. The van der Waals surface area contributed by atoms with Crippen LogP contribution in [0.5, 0.6) is 0 Å². The number of piperidine rings is 1. The van der Waals surface area contributed by atoms with Crippen molar-refractivity contribution < 1.29 is 14.3 Å². The molecule has 0 unspecified atom stereocenters. The molecule has 0 spiro atoms. The number of likely N-dealkylation sites (N-methyl/N-ethyl adjacent to an activating group) is 1. The SMILES string of the molecule is COC(=O)[C@H]1[C@@H](c2ccc(Cl)c(Cl)c2)C[C@@H]2CC(=O)[C@H]1N2C. The maximum Gasteiger partial charge on any atom is 0.311 e. The molecule has 0 saturated carbocycles. The number of Topliss-reactive ketones (excluding diaryl/α,β-unsaturated/α-hetero) is 1. The summed E-state index contributed by atoms with van der Waals surface area (Å²) in [5, 5.41) is 0.937. The lowest BCUT2D eigenvalue weighted by Gasteiger charge is -2.40. The third-order valence-corrected chi connectivity index (χ3v) is 5.67. The van der Waals surface area contributed by atoms with Crippen LogP contribution in [0.2, 0.25) is 10.0 Å². The highest BCUT2D eigenvalue weighted by Crippen LogP contribution is 2.46. The van der Waals surface area contributed by atoms with Crippen LogP contribution in [0.15, 0.2) is 18.2 Å². The van der Waals surface area contributed by atoms with Gasteiger partial charge in [-0.05, 0) is 31.2 Å². The van der Waals surface area contributed by atoms with Gasteiger partial charge in [0.25, 0.3) is 0 Å². The van der Waals surface area contributed by atoms with Crippen molar-refractivity contribution in [2.24, 2.45) is 5.92 Å². The van der Waals surface area contributed by atoms with Gasteiger partial charge in [-0.25, -0.2) is 0 Å². The number of methoxy groups -OCH3 is 1. The summed E-state index contributed by atoms with van der Waals surface area (Å²) in [5.41, 5.74) is 0.933. The molecule has 0 aliphatic carbocycles. The molecule has 1 aromatic carbocycles. The minimum absolute atomic E-state index is 0.0835. The average molecular weight is 342 g/mol. The first-order valence-electron chi connectivity index (χ1n) is 7.21. The number of ketones is 1. The predicted octanol–water partition coefficient (Wildman–Crippen LogP) is 2.91. The van der Waals surface area contributed by atoms with Crippen molar-refractivity contribution in [3.63, 3.8) is 0 Å². The summed E-state index contributed by atoms with van der Waals surface area (Å²) in [6.45, 7) is 0. The summed E-state index contributed by atoms with van der Waals surface area (Å²) >= 11 is 12.1. The number of fused-ring (bicyclic) bond motifs is 2. The number of esters is 1. The van der Waals surface area contributed by atoms with Gasteiger partial charge in [0.2, 0.25) is 0 Å². The molecule has 1 aromatic rings. The molecule has 0 radical (unpaired) electrons. The molecule has 3 rings (SSSR count). The maximum absolute atomic E-state index is 12.3. The van der Waals surface area contributed by atoms with E-state index < -0.39 is 12.0 Å². The zero-order valence-corrected chi connectivity index (χ0v) is 13.9. The number of benzene rings is 1. The van der Waals surface area contributed by atoms with Crippen molar-refractivity contribution in [1.82, 2.24) is 4.90 Å². The Kier molecular flexibility index (Phi) is 4.19. The van der Waals surface area contributed by atoms with E-state index in [1.807, 2.05) is 18.0 Å². The zero-order chi connectivity index (χ0) is 16.0. The normalized spacial score (nSPS) is 31.4. The third-order valence-electron chi connectivity index (χ3n) is 4.93. The van der Waals surface area contributed by atoms with Crippen molar-refractivity contribution in [3.05, 3.63) is 33.8 Å². The van der Waals surface area contributed by atoms with Crippen LogP contribution in [-0.2, 0) is 14.3 Å². The number of halogens is 2. The lowest BCUT2D eigenvalue weighted by molar-refractivity contribution is -0.152. The second kappa shape index (κ2) is 5.84. The molecule has 0 N–H and O–H groups in total. The van der Waals surface area contributed by atoms with Gasteiger partial charge in [-0.1, -0.05) is 29.3 Å². The number of hydrogen-bond acceptors (Lipinski definition) is 4. The van der Waals surface area contributed by atoms with Gasteiger partial charge in [-0.2, -0.15) is 0 Å². The number of hydrogen-bond donors (Lipinski definition) is 0. The maximum atomic E-state index is 12.3. The van der Waals surface area contributed by atoms with Crippen LogP contribution in [0.1, 0.15) is 24.3 Å². The third kappa shape index (κ3) is 2.43. The van der Waals surface area contributed by atoms with Gasteiger partial charge in [-0.15, -0.1) is 0 Å². The number of carbonyl (C=O) groups excluding carboxylic acids is 2. The Bertz CT molecular complexity index is 634. The number of nitrogens with zero attached hydrogens (tertiary/aromatic N) is 1. The minimum Gasteiger partial charge on any atom is -0.469 e. The van der Waals surface area contributed by atoms with Crippen molar-refractivity contribution in [1.29, 1.82) is 0 Å². The second-order valence-electron chi connectivity index (χ2n) is 6.00. The molecule has 6 heteroatoms. The minimum atomic E-state index is -0.501. The molecule has 2 heterocycles. The molecule has 0 amide bonds. The van der Waals surface area contributed by atoms with Gasteiger partial charge >= 0.3 is 5.97 Å². The van der Waals surface area contributed by atoms with Crippen molar-refractivity contribution in [3.8, 4) is 0 Å². The highest BCUT2D eigenvalue weighted by atomic mass is 35.5. The Labute approximate surface area is 139 Å². The number of ether oxygens (including phenoxy) is 1. The Hall–Kier alpha value is -1.10. The smallest absolute Gasteiger partial charge is 0.311 e. The van der Waals surface area contributed by atoms with Crippen LogP contribution in [0.25, 0.3) is 0 Å². The van der Waals surface area contributed by atoms with Crippen LogP contribution in [0.4, 0.5) is 0 Å². The highest BCUT2D eigenvalue weighted by Gasteiger charge is 2.53. The van der Waals surface area contributed by atoms with Crippen LogP contribution >= 0.6 is 23.2 Å². The largest absolute Gasteiger partial charge is 0.469 e. The fourth-order valence-electron chi connectivity index (χ4n) is 3.83. The Balaban J connectivity index is 2.03. The highest BCUT2D eigenvalue weighted by molar-refractivity contribution is 6.42. The Morgan fingerprint density at radius 1 is 1.32 bits per heavy atom. The van der Waals surface area contributed by atoms with E-state index >= 15 is 0 Å². The topological polar surface area (TPSA) is 46.6 Å². The molecule has 2 aliphatic rings. The molecule has 0 aromatic heterocycles. The zero-order valence-electron chi connectivity index (χ0n) is 12.4. The fraction of sp³-hybridized carbons (Fsp3) is 0.500. The van der Waals surface area contributed by atoms with E-state index in [0.717, 1.165) is 12.0 Å². The fourth-order valence-corrected chi connectivity index (χ4v) is 4.14. The van der Waals surface area contributed by atoms with Gasteiger partial charge < -0.3 is 4.74 Å². The van der Waals surface area contributed by atoms with E-state index in [1.165, 1.54) is 7.11 Å². The molecule has 2 bridgehead atoms. The molecule has 4 nitrogen and oxygen atoms in total. The van der Waals surface area contributed by atoms with Crippen LogP contribution in [-0.4, -0.2) is 42.9 Å². The monoisotopic (exact) mass is 341 g/mol. The van der Waals surface area contributed by atoms with E-state index in [0.29, 0.717) is 16.5 Å². The number of carbonyl (C=O) groups is 2. The van der Waals surface area contributed by atoms with Crippen molar-refractivity contribution >= 4 is 35.0 Å². The second-order valence-corrected chi connectivity index (χ2v) is 6.81. The molecule has 118 valence electrons. The van der Waals surface area contributed by atoms with E-state index in [2.05, 4.69) is 0 Å². The van der Waals surface area contributed by atoms with E-state index in [4.69, 9.17) is 27.9 Å². The van der Waals surface area contributed by atoms with Crippen LogP contribution in [0.3, 0.4) is 0 Å². The standard InChI is InChI=1S/C16H17Cl2NO3/c1-19-9-6-10(8-3-4-11(17)12(18)5-8)14(16(21)22-2)15(19)13(20)7-9/h3-5,9-10,14-15H,6-7H2,1-2H3/t9-,10-,14+,15-/m1/s1. The first-order valence-corrected chi connectivity index (χ1v) is 7.97. The Morgan fingerprint density at radius 3 is 2.68 bits per heavy atom. The molecule has 4 atom stereocenters. The molecular weight excluding hydrogens is 325 g/mol.